The van der Waals surface area contributed by atoms with Crippen LogP contribution < -0.4 is 10.1 Å². The second-order valence-electron chi connectivity index (χ2n) is 4.68. The van der Waals surface area contributed by atoms with Gasteiger partial charge in [0.25, 0.3) is 0 Å². The van der Waals surface area contributed by atoms with Crippen LogP contribution in [0.2, 0.25) is 0 Å². The minimum absolute atomic E-state index is 0.187. The third kappa shape index (κ3) is 7.47. The minimum atomic E-state index is -0.224. The lowest BCUT2D eigenvalue weighted by atomic mass is 10.2. The lowest BCUT2D eigenvalue weighted by molar-refractivity contribution is -0.141. The maximum Gasteiger partial charge on any atom is 0.302 e. The standard InChI is InChI=1S/C15H23NO3/c1-12(2)19-15-7-4-6-14(10-15)11-16-8-5-9-18-13(3)17/h4,6-7,10,12,16H,5,8-9,11H2,1-3H3. The van der Waals surface area contributed by atoms with Crippen LogP contribution in [0, 0.1) is 0 Å². The van der Waals surface area contributed by atoms with Gasteiger partial charge in [0, 0.05) is 13.5 Å². The predicted octanol–water partition coefficient (Wildman–Crippen LogP) is 2.52. The second kappa shape index (κ2) is 8.53. The van der Waals surface area contributed by atoms with Gasteiger partial charge in [0.1, 0.15) is 5.75 Å². The van der Waals surface area contributed by atoms with Crippen LogP contribution in [0.15, 0.2) is 24.3 Å². The van der Waals surface area contributed by atoms with Crippen LogP contribution in [0.4, 0.5) is 0 Å². The molecule has 0 amide bonds. The lowest BCUT2D eigenvalue weighted by Crippen LogP contribution is -2.17. The summed E-state index contributed by atoms with van der Waals surface area (Å²) < 4.78 is 10.5. The first kappa shape index (κ1) is 15.5. The van der Waals surface area contributed by atoms with E-state index in [0.29, 0.717) is 6.61 Å². The zero-order valence-electron chi connectivity index (χ0n) is 11.9. The van der Waals surface area contributed by atoms with Crippen molar-refractivity contribution in [1.29, 1.82) is 0 Å². The lowest BCUT2D eigenvalue weighted by Gasteiger charge is -2.11. The van der Waals surface area contributed by atoms with Gasteiger partial charge in [0.2, 0.25) is 0 Å². The molecule has 106 valence electrons. The number of benzene rings is 1. The summed E-state index contributed by atoms with van der Waals surface area (Å²) in [4.78, 5) is 10.6. The number of hydrogen-bond donors (Lipinski definition) is 1. The quantitative estimate of drug-likeness (QED) is 0.579. The summed E-state index contributed by atoms with van der Waals surface area (Å²) in [7, 11) is 0. The van der Waals surface area contributed by atoms with Crippen molar-refractivity contribution < 1.29 is 14.3 Å². The molecular weight excluding hydrogens is 242 g/mol. The predicted molar refractivity (Wildman–Crippen MR) is 75.2 cm³/mol. The van der Waals surface area contributed by atoms with E-state index in [-0.39, 0.29) is 12.1 Å². The molecule has 4 heteroatoms. The van der Waals surface area contributed by atoms with Crippen LogP contribution in [0.5, 0.6) is 5.75 Å². The van der Waals surface area contributed by atoms with Crippen molar-refractivity contribution in [1.82, 2.24) is 5.32 Å². The van der Waals surface area contributed by atoms with E-state index in [1.54, 1.807) is 0 Å². The summed E-state index contributed by atoms with van der Waals surface area (Å²) in [5.41, 5.74) is 1.19. The van der Waals surface area contributed by atoms with Gasteiger partial charge in [0.15, 0.2) is 0 Å². The van der Waals surface area contributed by atoms with Crippen LogP contribution in [0.3, 0.4) is 0 Å². The van der Waals surface area contributed by atoms with E-state index in [1.165, 1.54) is 12.5 Å². The number of rotatable bonds is 8. The highest BCUT2D eigenvalue weighted by atomic mass is 16.5. The zero-order chi connectivity index (χ0) is 14.1. The summed E-state index contributed by atoms with van der Waals surface area (Å²) in [6.45, 7) is 7.53. The molecule has 0 radical (unpaired) electrons. The van der Waals surface area contributed by atoms with Crippen LogP contribution in [0.1, 0.15) is 32.8 Å². The van der Waals surface area contributed by atoms with Crippen molar-refractivity contribution in [2.24, 2.45) is 0 Å². The van der Waals surface area contributed by atoms with Crippen LogP contribution in [-0.4, -0.2) is 25.2 Å². The molecule has 1 aromatic carbocycles. The third-order valence-corrected chi connectivity index (χ3v) is 2.40. The van der Waals surface area contributed by atoms with Gasteiger partial charge in [0.05, 0.1) is 12.7 Å². The van der Waals surface area contributed by atoms with E-state index in [1.807, 2.05) is 32.0 Å². The molecule has 0 saturated carbocycles. The van der Waals surface area contributed by atoms with Gasteiger partial charge < -0.3 is 14.8 Å². The summed E-state index contributed by atoms with van der Waals surface area (Å²) in [6, 6.07) is 8.06. The van der Waals surface area contributed by atoms with Gasteiger partial charge in [-0.25, -0.2) is 0 Å². The summed E-state index contributed by atoms with van der Waals surface area (Å²) in [5, 5.41) is 3.31. The molecule has 19 heavy (non-hydrogen) atoms. The fourth-order valence-corrected chi connectivity index (χ4v) is 1.65. The monoisotopic (exact) mass is 265 g/mol. The van der Waals surface area contributed by atoms with E-state index in [4.69, 9.17) is 9.47 Å². The Morgan fingerprint density at radius 2 is 2.16 bits per heavy atom. The number of carbonyl (C=O) groups is 1. The topological polar surface area (TPSA) is 47.6 Å². The smallest absolute Gasteiger partial charge is 0.302 e. The van der Waals surface area contributed by atoms with Crippen molar-refractivity contribution in [2.75, 3.05) is 13.2 Å². The normalized spacial score (nSPS) is 10.5. The Morgan fingerprint density at radius 3 is 2.84 bits per heavy atom. The van der Waals surface area contributed by atoms with Crippen LogP contribution in [0.25, 0.3) is 0 Å². The van der Waals surface area contributed by atoms with Gasteiger partial charge in [-0.2, -0.15) is 0 Å². The average molecular weight is 265 g/mol. The molecule has 0 aliphatic heterocycles. The molecular formula is C15H23NO3. The molecule has 0 fully saturated rings. The van der Waals surface area contributed by atoms with Gasteiger partial charge in [-0.05, 0) is 44.5 Å². The maximum absolute atomic E-state index is 10.6. The summed E-state index contributed by atoms with van der Waals surface area (Å²) in [5.74, 6) is 0.674. The highest BCUT2D eigenvalue weighted by Gasteiger charge is 1.99. The fraction of sp³-hybridized carbons (Fsp3) is 0.533. The third-order valence-electron chi connectivity index (χ3n) is 2.40. The van der Waals surface area contributed by atoms with Crippen molar-refractivity contribution in [3.8, 4) is 5.75 Å². The Morgan fingerprint density at radius 1 is 1.37 bits per heavy atom. The molecule has 0 unspecified atom stereocenters. The number of ether oxygens (including phenoxy) is 2. The molecule has 0 aromatic heterocycles. The Bertz CT molecular complexity index is 391. The molecule has 1 rings (SSSR count). The Hall–Kier alpha value is -1.55. The molecule has 1 N–H and O–H groups in total. The van der Waals surface area contributed by atoms with Crippen molar-refractivity contribution in [3.05, 3.63) is 29.8 Å². The van der Waals surface area contributed by atoms with E-state index < -0.39 is 0 Å². The largest absolute Gasteiger partial charge is 0.491 e. The van der Waals surface area contributed by atoms with E-state index in [2.05, 4.69) is 11.4 Å². The van der Waals surface area contributed by atoms with Gasteiger partial charge in [-0.1, -0.05) is 12.1 Å². The van der Waals surface area contributed by atoms with Gasteiger partial charge >= 0.3 is 5.97 Å². The molecule has 0 atom stereocenters. The first-order chi connectivity index (χ1) is 9.08. The first-order valence-electron chi connectivity index (χ1n) is 6.67. The molecule has 0 aliphatic carbocycles. The number of hydrogen-bond acceptors (Lipinski definition) is 4. The minimum Gasteiger partial charge on any atom is -0.491 e. The molecule has 0 spiro atoms. The molecule has 0 bridgehead atoms. The van der Waals surface area contributed by atoms with E-state index >= 15 is 0 Å². The van der Waals surface area contributed by atoms with E-state index in [9.17, 15) is 4.79 Å². The number of carbonyl (C=O) groups excluding carboxylic acids is 1. The molecule has 0 aliphatic rings. The second-order valence-corrected chi connectivity index (χ2v) is 4.68. The summed E-state index contributed by atoms with van der Waals surface area (Å²) >= 11 is 0. The van der Waals surface area contributed by atoms with Crippen molar-refractivity contribution in [3.63, 3.8) is 0 Å². The number of nitrogens with one attached hydrogen (secondary N) is 1. The van der Waals surface area contributed by atoms with Gasteiger partial charge in [-0.15, -0.1) is 0 Å². The highest BCUT2D eigenvalue weighted by Crippen LogP contribution is 2.14. The van der Waals surface area contributed by atoms with Crippen molar-refractivity contribution >= 4 is 5.97 Å². The van der Waals surface area contributed by atoms with Crippen LogP contribution >= 0.6 is 0 Å². The molecule has 0 saturated heterocycles. The fourth-order valence-electron chi connectivity index (χ4n) is 1.65. The average Bonchev–Trinajstić information content (AvgIpc) is 2.33. The van der Waals surface area contributed by atoms with E-state index in [0.717, 1.165) is 25.3 Å². The SMILES string of the molecule is CC(=O)OCCCNCc1cccc(OC(C)C)c1. The molecule has 4 nitrogen and oxygen atoms in total. The first-order valence-corrected chi connectivity index (χ1v) is 6.67. The Balaban J connectivity index is 2.23. The number of esters is 1. The van der Waals surface area contributed by atoms with Gasteiger partial charge in [-0.3, -0.25) is 4.79 Å². The van der Waals surface area contributed by atoms with Crippen molar-refractivity contribution in [2.45, 2.75) is 39.8 Å². The zero-order valence-corrected chi connectivity index (χ0v) is 11.9. The molecule has 0 heterocycles. The molecule has 1 aromatic rings. The van der Waals surface area contributed by atoms with Crippen LogP contribution in [-0.2, 0) is 16.1 Å². The Kier molecular flexibility index (Phi) is 6.97. The maximum atomic E-state index is 10.6. The highest BCUT2D eigenvalue weighted by molar-refractivity contribution is 5.65. The summed E-state index contributed by atoms with van der Waals surface area (Å²) in [6.07, 6.45) is 1.01. The Labute approximate surface area is 115 Å².